The van der Waals surface area contributed by atoms with Crippen LogP contribution in [0.4, 0.5) is 0 Å². The van der Waals surface area contributed by atoms with Crippen LogP contribution in [-0.2, 0) is 0 Å². The van der Waals surface area contributed by atoms with E-state index in [-0.39, 0.29) is 0 Å². The molecule has 0 radical (unpaired) electrons. The summed E-state index contributed by atoms with van der Waals surface area (Å²) in [4.78, 5) is 0. The van der Waals surface area contributed by atoms with Crippen molar-refractivity contribution in [3.63, 3.8) is 0 Å². The fourth-order valence-corrected chi connectivity index (χ4v) is 2.83. The van der Waals surface area contributed by atoms with E-state index in [1.54, 1.807) is 0 Å². The van der Waals surface area contributed by atoms with Crippen molar-refractivity contribution >= 4 is 0 Å². The molecule has 1 aromatic carbocycles. The van der Waals surface area contributed by atoms with E-state index >= 15 is 0 Å². The van der Waals surface area contributed by atoms with Crippen LogP contribution >= 0.6 is 0 Å². The first-order valence-electron chi connectivity index (χ1n) is 8.62. The summed E-state index contributed by atoms with van der Waals surface area (Å²) in [7, 11) is 0. The van der Waals surface area contributed by atoms with Crippen molar-refractivity contribution in [3.05, 3.63) is 35.9 Å². The van der Waals surface area contributed by atoms with Gasteiger partial charge in [0.1, 0.15) is 0 Å². The van der Waals surface area contributed by atoms with Gasteiger partial charge in [-0.25, -0.2) is 0 Å². The molecule has 0 aliphatic heterocycles. The highest BCUT2D eigenvalue weighted by atomic mass is 14.9. The van der Waals surface area contributed by atoms with Crippen LogP contribution in [0.1, 0.15) is 83.7 Å². The van der Waals surface area contributed by atoms with Gasteiger partial charge in [0.25, 0.3) is 0 Å². The minimum Gasteiger partial charge on any atom is -0.307 e. The standard InChI is InChI=1S/C19H33N/c1-4-7-15-18(12-6-3)20-19(16-8-5-2)17-13-10-9-11-14-17/h9-11,13-14,18-20H,4-8,12,15-16H2,1-3H3. The zero-order valence-electron chi connectivity index (χ0n) is 13.7. The van der Waals surface area contributed by atoms with Crippen molar-refractivity contribution < 1.29 is 0 Å². The van der Waals surface area contributed by atoms with E-state index in [1.165, 1.54) is 56.9 Å². The number of benzene rings is 1. The highest BCUT2D eigenvalue weighted by molar-refractivity contribution is 5.19. The average molecular weight is 275 g/mol. The van der Waals surface area contributed by atoms with Gasteiger partial charge in [0.2, 0.25) is 0 Å². The van der Waals surface area contributed by atoms with E-state index in [0.29, 0.717) is 12.1 Å². The second-order valence-corrected chi connectivity index (χ2v) is 5.90. The van der Waals surface area contributed by atoms with E-state index in [1.807, 2.05) is 0 Å². The van der Waals surface area contributed by atoms with Gasteiger partial charge in [-0.15, -0.1) is 0 Å². The molecule has 20 heavy (non-hydrogen) atoms. The van der Waals surface area contributed by atoms with Crippen LogP contribution in [0.15, 0.2) is 30.3 Å². The average Bonchev–Trinajstić information content (AvgIpc) is 2.49. The number of rotatable bonds is 11. The summed E-state index contributed by atoms with van der Waals surface area (Å²) in [5.41, 5.74) is 1.46. The van der Waals surface area contributed by atoms with E-state index < -0.39 is 0 Å². The van der Waals surface area contributed by atoms with Crippen LogP contribution in [0.2, 0.25) is 0 Å². The smallest absolute Gasteiger partial charge is 0.0322 e. The van der Waals surface area contributed by atoms with E-state index in [9.17, 15) is 0 Å². The molecule has 0 fully saturated rings. The summed E-state index contributed by atoms with van der Waals surface area (Å²) in [6, 6.07) is 12.2. The third-order valence-electron chi connectivity index (χ3n) is 4.03. The molecule has 0 bridgehead atoms. The maximum Gasteiger partial charge on any atom is 0.0322 e. The summed E-state index contributed by atoms with van der Waals surface area (Å²) in [6.45, 7) is 6.86. The number of hydrogen-bond donors (Lipinski definition) is 1. The molecule has 2 unspecified atom stereocenters. The lowest BCUT2D eigenvalue weighted by atomic mass is 9.97. The predicted molar refractivity (Wildman–Crippen MR) is 90.1 cm³/mol. The van der Waals surface area contributed by atoms with Crippen molar-refractivity contribution in [2.75, 3.05) is 0 Å². The first-order chi connectivity index (χ1) is 9.81. The lowest BCUT2D eigenvalue weighted by molar-refractivity contribution is 0.365. The molecule has 0 saturated heterocycles. The molecule has 0 aliphatic carbocycles. The Morgan fingerprint density at radius 3 is 2.05 bits per heavy atom. The summed E-state index contributed by atoms with van der Waals surface area (Å²) in [6.07, 6.45) is 10.4. The highest BCUT2D eigenvalue weighted by Gasteiger charge is 2.15. The largest absolute Gasteiger partial charge is 0.307 e. The molecule has 1 nitrogen and oxygen atoms in total. The molecule has 0 aromatic heterocycles. The van der Waals surface area contributed by atoms with E-state index in [2.05, 4.69) is 56.4 Å². The molecule has 2 atom stereocenters. The topological polar surface area (TPSA) is 12.0 Å². The Morgan fingerprint density at radius 2 is 1.45 bits per heavy atom. The van der Waals surface area contributed by atoms with Crippen LogP contribution in [0.25, 0.3) is 0 Å². The van der Waals surface area contributed by atoms with Crippen molar-refractivity contribution in [2.24, 2.45) is 0 Å². The summed E-state index contributed by atoms with van der Waals surface area (Å²) < 4.78 is 0. The summed E-state index contributed by atoms with van der Waals surface area (Å²) in [5.74, 6) is 0. The normalized spacial score (nSPS) is 14.2. The Hall–Kier alpha value is -0.820. The van der Waals surface area contributed by atoms with Gasteiger partial charge in [-0.05, 0) is 24.8 Å². The van der Waals surface area contributed by atoms with Gasteiger partial charge in [0, 0.05) is 12.1 Å². The molecule has 1 rings (SSSR count). The zero-order valence-corrected chi connectivity index (χ0v) is 13.7. The molecular formula is C19H33N. The van der Waals surface area contributed by atoms with Crippen LogP contribution < -0.4 is 5.32 Å². The SMILES string of the molecule is CCCCC(CCC)NC(CCCC)c1ccccc1. The van der Waals surface area contributed by atoms with Crippen molar-refractivity contribution in [3.8, 4) is 0 Å². The maximum atomic E-state index is 3.94. The predicted octanol–water partition coefficient (Wildman–Crippen LogP) is 5.87. The van der Waals surface area contributed by atoms with Gasteiger partial charge in [-0.1, -0.05) is 83.2 Å². The third-order valence-corrected chi connectivity index (χ3v) is 4.03. The van der Waals surface area contributed by atoms with Crippen molar-refractivity contribution in [1.82, 2.24) is 5.32 Å². The van der Waals surface area contributed by atoms with Crippen LogP contribution in [-0.4, -0.2) is 6.04 Å². The van der Waals surface area contributed by atoms with E-state index in [0.717, 1.165) is 0 Å². The summed E-state index contributed by atoms with van der Waals surface area (Å²) in [5, 5.41) is 3.94. The molecule has 0 spiro atoms. The van der Waals surface area contributed by atoms with Crippen molar-refractivity contribution in [1.29, 1.82) is 0 Å². The quantitative estimate of drug-likeness (QED) is 0.533. The van der Waals surface area contributed by atoms with Gasteiger partial charge in [-0.3, -0.25) is 0 Å². The van der Waals surface area contributed by atoms with Gasteiger partial charge in [-0.2, -0.15) is 0 Å². The number of nitrogens with one attached hydrogen (secondary N) is 1. The molecule has 0 saturated carbocycles. The molecule has 0 amide bonds. The van der Waals surface area contributed by atoms with Gasteiger partial charge < -0.3 is 5.32 Å². The molecular weight excluding hydrogens is 242 g/mol. The minimum absolute atomic E-state index is 0.532. The van der Waals surface area contributed by atoms with Crippen LogP contribution in [0, 0.1) is 0 Å². The van der Waals surface area contributed by atoms with Crippen LogP contribution in [0.5, 0.6) is 0 Å². The second kappa shape index (κ2) is 10.9. The Labute approximate surface area is 126 Å². The molecule has 1 N–H and O–H groups in total. The Balaban J connectivity index is 2.65. The maximum absolute atomic E-state index is 3.94. The second-order valence-electron chi connectivity index (χ2n) is 5.90. The first-order valence-corrected chi connectivity index (χ1v) is 8.62. The molecule has 1 heteroatoms. The Bertz CT molecular complexity index is 320. The molecule has 114 valence electrons. The molecule has 0 aliphatic rings. The van der Waals surface area contributed by atoms with Gasteiger partial charge in [0.05, 0.1) is 0 Å². The fraction of sp³-hybridized carbons (Fsp3) is 0.684. The lowest BCUT2D eigenvalue weighted by Crippen LogP contribution is -2.33. The molecule has 1 aromatic rings. The number of unbranched alkanes of at least 4 members (excludes halogenated alkanes) is 2. The monoisotopic (exact) mass is 275 g/mol. The Kier molecular flexibility index (Phi) is 9.40. The third kappa shape index (κ3) is 6.56. The minimum atomic E-state index is 0.532. The zero-order chi connectivity index (χ0) is 14.6. The first kappa shape index (κ1) is 17.2. The molecule has 0 heterocycles. The fourth-order valence-electron chi connectivity index (χ4n) is 2.83. The van der Waals surface area contributed by atoms with Crippen molar-refractivity contribution in [2.45, 2.75) is 84.2 Å². The highest BCUT2D eigenvalue weighted by Crippen LogP contribution is 2.22. The van der Waals surface area contributed by atoms with Gasteiger partial charge >= 0.3 is 0 Å². The number of hydrogen-bond acceptors (Lipinski definition) is 1. The summed E-state index contributed by atoms with van der Waals surface area (Å²) >= 11 is 0. The Morgan fingerprint density at radius 1 is 0.800 bits per heavy atom. The lowest BCUT2D eigenvalue weighted by Gasteiger charge is -2.26. The van der Waals surface area contributed by atoms with Crippen LogP contribution in [0.3, 0.4) is 0 Å². The van der Waals surface area contributed by atoms with E-state index in [4.69, 9.17) is 0 Å². The van der Waals surface area contributed by atoms with Gasteiger partial charge in [0.15, 0.2) is 0 Å².